The quantitative estimate of drug-likeness (QED) is 0.676. The number of carbonyl (C=O) groups is 2. The summed E-state index contributed by atoms with van der Waals surface area (Å²) in [6.45, 7) is 6.54. The Bertz CT molecular complexity index is 874. The second-order valence-electron chi connectivity index (χ2n) is 8.20. The number of benzene rings is 2. The standard InChI is InChI=1S/C25H33N3O3/c1-4-18(2)17-26-25(30)22-7-5-6-8-23(22)28-15-13-20(14-16-28)27-24(29)19-9-11-21(31-3)12-10-19/h5-12,18,20H,4,13-17H2,1-3H3,(H,26,30)(H,27,29)/t18-/m1/s1. The molecule has 1 atom stereocenters. The summed E-state index contributed by atoms with van der Waals surface area (Å²) < 4.78 is 5.15. The number of para-hydroxylation sites is 1. The smallest absolute Gasteiger partial charge is 0.253 e. The minimum atomic E-state index is -0.0640. The molecule has 1 aliphatic heterocycles. The van der Waals surface area contributed by atoms with Crippen molar-refractivity contribution in [3.63, 3.8) is 0 Å². The fraction of sp³-hybridized carbons (Fsp3) is 0.440. The Hall–Kier alpha value is -3.02. The van der Waals surface area contributed by atoms with Crippen LogP contribution in [0.15, 0.2) is 48.5 Å². The Morgan fingerprint density at radius 3 is 2.39 bits per heavy atom. The van der Waals surface area contributed by atoms with Crippen LogP contribution >= 0.6 is 0 Å². The minimum Gasteiger partial charge on any atom is -0.497 e. The van der Waals surface area contributed by atoms with Crippen molar-refractivity contribution in [3.05, 3.63) is 59.7 Å². The summed E-state index contributed by atoms with van der Waals surface area (Å²) in [7, 11) is 1.61. The van der Waals surface area contributed by atoms with Gasteiger partial charge in [-0.15, -0.1) is 0 Å². The van der Waals surface area contributed by atoms with E-state index in [1.165, 1.54) is 0 Å². The lowest BCUT2D eigenvalue weighted by Gasteiger charge is -2.35. The highest BCUT2D eigenvalue weighted by Crippen LogP contribution is 2.24. The molecule has 1 saturated heterocycles. The van der Waals surface area contributed by atoms with Gasteiger partial charge in [0, 0.05) is 36.9 Å². The molecule has 31 heavy (non-hydrogen) atoms. The Balaban J connectivity index is 1.57. The third-order valence-electron chi connectivity index (χ3n) is 5.98. The van der Waals surface area contributed by atoms with Gasteiger partial charge in [-0.25, -0.2) is 0 Å². The molecule has 2 aromatic rings. The van der Waals surface area contributed by atoms with Crippen LogP contribution in [0.4, 0.5) is 5.69 Å². The van der Waals surface area contributed by atoms with Gasteiger partial charge in [0.25, 0.3) is 11.8 Å². The Kier molecular flexibility index (Phi) is 7.93. The van der Waals surface area contributed by atoms with Crippen molar-refractivity contribution < 1.29 is 14.3 Å². The van der Waals surface area contributed by atoms with Crippen LogP contribution < -0.4 is 20.3 Å². The molecule has 0 saturated carbocycles. The summed E-state index contributed by atoms with van der Waals surface area (Å²) in [4.78, 5) is 27.5. The van der Waals surface area contributed by atoms with Gasteiger partial charge in [-0.2, -0.15) is 0 Å². The third-order valence-corrected chi connectivity index (χ3v) is 5.98. The van der Waals surface area contributed by atoms with E-state index in [-0.39, 0.29) is 17.9 Å². The van der Waals surface area contributed by atoms with E-state index < -0.39 is 0 Å². The molecule has 2 aromatic carbocycles. The predicted molar refractivity (Wildman–Crippen MR) is 124 cm³/mol. The molecule has 2 amide bonds. The molecule has 0 bridgehead atoms. The van der Waals surface area contributed by atoms with Gasteiger partial charge in [-0.1, -0.05) is 32.4 Å². The lowest BCUT2D eigenvalue weighted by molar-refractivity contribution is 0.0929. The minimum absolute atomic E-state index is 0.0224. The molecule has 1 fully saturated rings. The molecule has 166 valence electrons. The zero-order chi connectivity index (χ0) is 22.2. The lowest BCUT2D eigenvalue weighted by atomic mass is 10.0. The Morgan fingerprint density at radius 1 is 1.06 bits per heavy atom. The first-order valence-electron chi connectivity index (χ1n) is 11.1. The molecule has 1 aliphatic rings. The average molecular weight is 424 g/mol. The van der Waals surface area contributed by atoms with Crippen LogP contribution in [-0.4, -0.2) is 44.6 Å². The van der Waals surface area contributed by atoms with Crippen LogP contribution in [-0.2, 0) is 0 Å². The lowest BCUT2D eigenvalue weighted by Crippen LogP contribution is -2.45. The van der Waals surface area contributed by atoms with Crippen LogP contribution in [0.1, 0.15) is 53.8 Å². The number of piperidine rings is 1. The van der Waals surface area contributed by atoms with Crippen LogP contribution in [0, 0.1) is 5.92 Å². The number of carbonyl (C=O) groups excluding carboxylic acids is 2. The van der Waals surface area contributed by atoms with Gasteiger partial charge >= 0.3 is 0 Å². The molecule has 2 N–H and O–H groups in total. The SMILES string of the molecule is CC[C@@H](C)CNC(=O)c1ccccc1N1CCC(NC(=O)c2ccc(OC)cc2)CC1. The van der Waals surface area contributed by atoms with Gasteiger partial charge in [0.2, 0.25) is 0 Å². The molecular weight excluding hydrogens is 390 g/mol. The highest BCUT2D eigenvalue weighted by Gasteiger charge is 2.24. The van der Waals surface area contributed by atoms with Crippen LogP contribution in [0.3, 0.4) is 0 Å². The van der Waals surface area contributed by atoms with Crippen molar-refractivity contribution >= 4 is 17.5 Å². The molecule has 1 heterocycles. The molecule has 6 heteroatoms. The van der Waals surface area contributed by atoms with Gasteiger partial charge in [0.15, 0.2) is 0 Å². The van der Waals surface area contributed by atoms with E-state index in [2.05, 4.69) is 29.4 Å². The molecule has 0 radical (unpaired) electrons. The molecule has 0 aliphatic carbocycles. The topological polar surface area (TPSA) is 70.7 Å². The predicted octanol–water partition coefficient (Wildman–Crippen LogP) is 3.87. The number of methoxy groups -OCH3 is 1. The second kappa shape index (κ2) is 10.8. The largest absolute Gasteiger partial charge is 0.497 e. The van der Waals surface area contributed by atoms with Crippen LogP contribution in [0.5, 0.6) is 5.75 Å². The molecule has 0 unspecified atom stereocenters. The van der Waals surface area contributed by atoms with Gasteiger partial charge in [0.05, 0.1) is 12.7 Å². The first-order chi connectivity index (χ1) is 15.0. The van der Waals surface area contributed by atoms with Crippen molar-refractivity contribution in [2.24, 2.45) is 5.92 Å². The van der Waals surface area contributed by atoms with Gasteiger partial charge < -0.3 is 20.3 Å². The van der Waals surface area contributed by atoms with Gasteiger partial charge in [0.1, 0.15) is 5.75 Å². The van der Waals surface area contributed by atoms with Crippen LogP contribution in [0.25, 0.3) is 0 Å². The Morgan fingerprint density at radius 2 is 1.74 bits per heavy atom. The summed E-state index contributed by atoms with van der Waals surface area (Å²) >= 11 is 0. The Labute approximate surface area is 185 Å². The maximum absolute atomic E-state index is 12.7. The van der Waals surface area contributed by atoms with E-state index in [9.17, 15) is 9.59 Å². The molecule has 0 aromatic heterocycles. The summed E-state index contributed by atoms with van der Waals surface area (Å²) in [5.74, 6) is 1.11. The number of nitrogens with zero attached hydrogens (tertiary/aromatic N) is 1. The molecule has 0 spiro atoms. The zero-order valence-electron chi connectivity index (χ0n) is 18.7. The van der Waals surface area contributed by atoms with Crippen LogP contribution in [0.2, 0.25) is 0 Å². The molecule has 3 rings (SSSR count). The number of anilines is 1. The highest BCUT2D eigenvalue weighted by molar-refractivity contribution is 5.99. The van der Waals surface area contributed by atoms with E-state index in [4.69, 9.17) is 4.74 Å². The maximum Gasteiger partial charge on any atom is 0.253 e. The van der Waals surface area contributed by atoms with Gasteiger partial charge in [-0.3, -0.25) is 9.59 Å². The number of amides is 2. The number of ether oxygens (including phenoxy) is 1. The number of rotatable bonds is 8. The fourth-order valence-corrected chi connectivity index (χ4v) is 3.72. The maximum atomic E-state index is 12.7. The van der Waals surface area contributed by atoms with Gasteiger partial charge in [-0.05, 0) is 55.2 Å². The average Bonchev–Trinajstić information content (AvgIpc) is 2.82. The third kappa shape index (κ3) is 6.00. The van der Waals surface area contributed by atoms with E-state index in [1.54, 1.807) is 31.4 Å². The van der Waals surface area contributed by atoms with Crippen molar-refractivity contribution in [2.45, 2.75) is 39.2 Å². The molecular formula is C25H33N3O3. The summed E-state index contributed by atoms with van der Waals surface area (Å²) in [6.07, 6.45) is 2.72. The highest BCUT2D eigenvalue weighted by atomic mass is 16.5. The summed E-state index contributed by atoms with van der Waals surface area (Å²) in [6, 6.07) is 15.0. The number of hydrogen-bond acceptors (Lipinski definition) is 4. The first-order valence-corrected chi connectivity index (χ1v) is 11.1. The van der Waals surface area contributed by atoms with Crippen molar-refractivity contribution in [2.75, 3.05) is 31.6 Å². The summed E-state index contributed by atoms with van der Waals surface area (Å²) in [5, 5.41) is 6.19. The van der Waals surface area contributed by atoms with E-state index in [0.29, 0.717) is 23.6 Å². The monoisotopic (exact) mass is 423 g/mol. The second-order valence-corrected chi connectivity index (χ2v) is 8.20. The molecule has 6 nitrogen and oxygen atoms in total. The van der Waals surface area contributed by atoms with Crippen molar-refractivity contribution in [1.29, 1.82) is 0 Å². The first kappa shape index (κ1) is 22.7. The zero-order valence-corrected chi connectivity index (χ0v) is 18.7. The van der Waals surface area contributed by atoms with Crippen molar-refractivity contribution in [1.82, 2.24) is 10.6 Å². The van der Waals surface area contributed by atoms with E-state index >= 15 is 0 Å². The van der Waals surface area contributed by atoms with Crippen molar-refractivity contribution in [3.8, 4) is 5.75 Å². The normalized spacial score (nSPS) is 15.3. The van der Waals surface area contributed by atoms with E-state index in [1.807, 2.05) is 24.3 Å². The number of nitrogens with one attached hydrogen (secondary N) is 2. The van der Waals surface area contributed by atoms with E-state index in [0.717, 1.165) is 43.8 Å². The number of hydrogen-bond donors (Lipinski definition) is 2. The summed E-state index contributed by atoms with van der Waals surface area (Å²) in [5.41, 5.74) is 2.31. The fourth-order valence-electron chi connectivity index (χ4n) is 3.72.